The van der Waals surface area contributed by atoms with Gasteiger partial charge in [-0.1, -0.05) is 30.3 Å². The maximum absolute atomic E-state index is 12.0. The van der Waals surface area contributed by atoms with Gasteiger partial charge in [-0.05, 0) is 30.3 Å². The van der Waals surface area contributed by atoms with E-state index in [4.69, 9.17) is 0 Å². The van der Waals surface area contributed by atoms with Gasteiger partial charge >= 0.3 is 0 Å². The molecule has 2 N–H and O–H groups in total. The summed E-state index contributed by atoms with van der Waals surface area (Å²) in [5.41, 5.74) is 3.79. The van der Waals surface area contributed by atoms with Crippen molar-refractivity contribution in [2.45, 2.75) is 6.42 Å². The van der Waals surface area contributed by atoms with Crippen LogP contribution in [-0.2, 0) is 11.2 Å². The predicted molar refractivity (Wildman–Crippen MR) is 105 cm³/mol. The summed E-state index contributed by atoms with van der Waals surface area (Å²) in [5.74, 6) is 0.725. The standard InChI is InChI=1S/C21H19N5O/c27-21(22-13-12-20-24-18-8-4-5-9-19(18)25-20)11-10-16-14-23-26(15-16)17-6-2-1-3-7-17/h1-11,14-15H,12-13H2,(H,22,27)(H,24,25)/b11-10+. The van der Waals surface area contributed by atoms with Gasteiger partial charge in [-0.25, -0.2) is 9.67 Å². The molecule has 27 heavy (non-hydrogen) atoms. The van der Waals surface area contributed by atoms with Crippen LogP contribution >= 0.6 is 0 Å². The monoisotopic (exact) mass is 357 g/mol. The van der Waals surface area contributed by atoms with Gasteiger partial charge in [-0.3, -0.25) is 4.79 Å². The van der Waals surface area contributed by atoms with E-state index in [1.165, 1.54) is 6.08 Å². The van der Waals surface area contributed by atoms with Crippen LogP contribution in [0.25, 0.3) is 22.8 Å². The maximum Gasteiger partial charge on any atom is 0.244 e. The van der Waals surface area contributed by atoms with Gasteiger partial charge in [-0.2, -0.15) is 5.10 Å². The first-order valence-electron chi connectivity index (χ1n) is 8.77. The summed E-state index contributed by atoms with van der Waals surface area (Å²) in [4.78, 5) is 19.8. The first-order valence-corrected chi connectivity index (χ1v) is 8.77. The number of nitrogens with one attached hydrogen (secondary N) is 2. The SMILES string of the molecule is O=C(/C=C/c1cnn(-c2ccccc2)c1)NCCc1nc2ccccc2[nH]1. The van der Waals surface area contributed by atoms with Gasteiger partial charge in [-0.15, -0.1) is 0 Å². The second-order valence-electron chi connectivity index (χ2n) is 6.13. The molecular weight excluding hydrogens is 338 g/mol. The van der Waals surface area contributed by atoms with Gasteiger partial charge in [0.05, 0.1) is 22.9 Å². The van der Waals surface area contributed by atoms with Crippen LogP contribution in [0.2, 0.25) is 0 Å². The number of nitrogens with zero attached hydrogens (tertiary/aromatic N) is 3. The van der Waals surface area contributed by atoms with Crippen LogP contribution in [0.15, 0.2) is 73.1 Å². The first kappa shape index (κ1) is 16.8. The Labute approximate surface area is 156 Å². The molecule has 2 aromatic heterocycles. The van der Waals surface area contributed by atoms with E-state index in [1.807, 2.05) is 60.8 Å². The van der Waals surface area contributed by atoms with Crippen LogP contribution < -0.4 is 5.32 Å². The van der Waals surface area contributed by atoms with Crippen molar-refractivity contribution in [1.82, 2.24) is 25.1 Å². The maximum atomic E-state index is 12.0. The molecule has 2 aromatic carbocycles. The van der Waals surface area contributed by atoms with E-state index in [9.17, 15) is 4.79 Å². The lowest BCUT2D eigenvalue weighted by molar-refractivity contribution is -0.116. The third-order valence-electron chi connectivity index (χ3n) is 4.15. The third-order valence-corrected chi connectivity index (χ3v) is 4.15. The van der Waals surface area contributed by atoms with Crippen molar-refractivity contribution in [3.05, 3.63) is 84.5 Å². The van der Waals surface area contributed by atoms with Crippen molar-refractivity contribution in [2.24, 2.45) is 0 Å². The Morgan fingerprint density at radius 3 is 2.78 bits per heavy atom. The van der Waals surface area contributed by atoms with Crippen LogP contribution in [0.5, 0.6) is 0 Å². The summed E-state index contributed by atoms with van der Waals surface area (Å²) in [6.07, 6.45) is 7.53. The van der Waals surface area contributed by atoms with Crippen LogP contribution in [0, 0.1) is 0 Å². The topological polar surface area (TPSA) is 75.6 Å². The van der Waals surface area contributed by atoms with E-state index < -0.39 is 0 Å². The highest BCUT2D eigenvalue weighted by atomic mass is 16.1. The van der Waals surface area contributed by atoms with Crippen LogP contribution in [0.1, 0.15) is 11.4 Å². The van der Waals surface area contributed by atoms with Crippen molar-refractivity contribution < 1.29 is 4.79 Å². The Bertz CT molecular complexity index is 1050. The fraction of sp³-hybridized carbons (Fsp3) is 0.0952. The molecular formula is C21H19N5O. The van der Waals surface area contributed by atoms with E-state index in [0.29, 0.717) is 13.0 Å². The number of rotatable bonds is 6. The molecule has 6 heteroatoms. The highest BCUT2D eigenvalue weighted by molar-refractivity contribution is 5.91. The van der Waals surface area contributed by atoms with Crippen molar-refractivity contribution >= 4 is 23.0 Å². The average Bonchev–Trinajstić information content (AvgIpc) is 3.34. The van der Waals surface area contributed by atoms with E-state index in [1.54, 1.807) is 17.0 Å². The van der Waals surface area contributed by atoms with Gasteiger partial charge < -0.3 is 10.3 Å². The van der Waals surface area contributed by atoms with Crippen LogP contribution in [0.4, 0.5) is 0 Å². The minimum Gasteiger partial charge on any atom is -0.352 e. The normalized spacial score (nSPS) is 11.3. The lowest BCUT2D eigenvalue weighted by Crippen LogP contribution is -2.23. The lowest BCUT2D eigenvalue weighted by atomic mass is 10.3. The van der Waals surface area contributed by atoms with E-state index in [0.717, 1.165) is 28.1 Å². The molecule has 0 unspecified atom stereocenters. The lowest BCUT2D eigenvalue weighted by Gasteiger charge is -1.99. The number of fused-ring (bicyclic) bond motifs is 1. The molecule has 0 fully saturated rings. The van der Waals surface area contributed by atoms with Crippen molar-refractivity contribution in [1.29, 1.82) is 0 Å². The zero-order valence-corrected chi connectivity index (χ0v) is 14.7. The first-order chi connectivity index (χ1) is 13.3. The number of hydrogen-bond acceptors (Lipinski definition) is 3. The van der Waals surface area contributed by atoms with Gasteiger partial charge in [0.2, 0.25) is 5.91 Å². The number of hydrogen-bond donors (Lipinski definition) is 2. The number of aromatic amines is 1. The molecule has 0 saturated carbocycles. The summed E-state index contributed by atoms with van der Waals surface area (Å²) in [6, 6.07) is 17.7. The molecule has 0 saturated heterocycles. The summed E-state index contributed by atoms with van der Waals surface area (Å²) in [7, 11) is 0. The van der Waals surface area contributed by atoms with Crippen molar-refractivity contribution in [3.8, 4) is 5.69 Å². The highest BCUT2D eigenvalue weighted by Gasteiger charge is 2.03. The van der Waals surface area contributed by atoms with E-state index >= 15 is 0 Å². The second-order valence-corrected chi connectivity index (χ2v) is 6.13. The van der Waals surface area contributed by atoms with Crippen molar-refractivity contribution in [3.63, 3.8) is 0 Å². The van der Waals surface area contributed by atoms with Gasteiger partial charge in [0, 0.05) is 30.8 Å². The molecule has 0 aliphatic rings. The summed E-state index contributed by atoms with van der Waals surface area (Å²) >= 11 is 0. The Balaban J connectivity index is 1.29. The molecule has 0 aliphatic heterocycles. The number of benzene rings is 2. The van der Waals surface area contributed by atoms with E-state index in [2.05, 4.69) is 20.4 Å². The number of H-pyrrole nitrogens is 1. The molecule has 0 spiro atoms. The fourth-order valence-corrected chi connectivity index (χ4v) is 2.80. The van der Waals surface area contributed by atoms with Crippen molar-refractivity contribution in [2.75, 3.05) is 6.54 Å². The Hall–Kier alpha value is -3.67. The van der Waals surface area contributed by atoms with Crippen LogP contribution in [-0.4, -0.2) is 32.2 Å². The molecule has 134 valence electrons. The molecule has 4 aromatic rings. The number of carbonyl (C=O) groups excluding carboxylic acids is 1. The molecule has 0 atom stereocenters. The molecule has 0 radical (unpaired) electrons. The smallest absolute Gasteiger partial charge is 0.244 e. The Morgan fingerprint density at radius 1 is 1.11 bits per heavy atom. The quantitative estimate of drug-likeness (QED) is 0.521. The largest absolute Gasteiger partial charge is 0.352 e. The average molecular weight is 357 g/mol. The summed E-state index contributed by atoms with van der Waals surface area (Å²) in [5, 5.41) is 7.18. The third kappa shape index (κ3) is 4.12. The van der Waals surface area contributed by atoms with Crippen LogP contribution in [0.3, 0.4) is 0 Å². The summed E-state index contributed by atoms with van der Waals surface area (Å²) in [6.45, 7) is 0.520. The Morgan fingerprint density at radius 2 is 1.93 bits per heavy atom. The molecule has 4 rings (SSSR count). The second kappa shape index (κ2) is 7.70. The minimum absolute atomic E-state index is 0.140. The molecule has 1 amide bonds. The number of aromatic nitrogens is 4. The molecule has 2 heterocycles. The fourth-order valence-electron chi connectivity index (χ4n) is 2.80. The van der Waals surface area contributed by atoms with Gasteiger partial charge in [0.15, 0.2) is 0 Å². The zero-order chi connectivity index (χ0) is 18.5. The predicted octanol–water partition coefficient (Wildman–Crippen LogP) is 3.12. The van der Waals surface area contributed by atoms with Gasteiger partial charge in [0.1, 0.15) is 5.82 Å². The summed E-state index contributed by atoms with van der Waals surface area (Å²) < 4.78 is 1.78. The number of para-hydroxylation sites is 3. The number of imidazole rings is 1. The highest BCUT2D eigenvalue weighted by Crippen LogP contribution is 2.10. The van der Waals surface area contributed by atoms with Gasteiger partial charge in [0.25, 0.3) is 0 Å². The molecule has 0 bridgehead atoms. The molecule has 0 aliphatic carbocycles. The minimum atomic E-state index is -0.140. The molecule has 6 nitrogen and oxygen atoms in total. The van der Waals surface area contributed by atoms with E-state index in [-0.39, 0.29) is 5.91 Å². The zero-order valence-electron chi connectivity index (χ0n) is 14.7. The number of carbonyl (C=O) groups is 1. The Kier molecular flexibility index (Phi) is 4.78. The number of amides is 1.